The first kappa shape index (κ1) is 15.9. The number of sulfonamides is 1. The van der Waals surface area contributed by atoms with E-state index in [1.54, 1.807) is 30.5 Å². The number of benzene rings is 1. The van der Waals surface area contributed by atoms with E-state index >= 15 is 0 Å². The molecule has 1 aromatic heterocycles. The van der Waals surface area contributed by atoms with Crippen LogP contribution in [0, 0.1) is 6.92 Å². The van der Waals surface area contributed by atoms with Gasteiger partial charge in [0.2, 0.25) is 10.0 Å². The molecule has 1 N–H and O–H groups in total. The molecule has 2 heterocycles. The number of rotatable bonds is 3. The van der Waals surface area contributed by atoms with Gasteiger partial charge in [0.25, 0.3) is 0 Å². The Morgan fingerprint density at radius 3 is 2.83 bits per heavy atom. The number of hydrogen-bond acceptors (Lipinski definition) is 4. The summed E-state index contributed by atoms with van der Waals surface area (Å²) >= 11 is 0. The molecule has 0 bridgehead atoms. The number of piperidine rings is 1. The highest BCUT2D eigenvalue weighted by Crippen LogP contribution is 2.30. The van der Waals surface area contributed by atoms with Gasteiger partial charge in [0.1, 0.15) is 6.04 Å². The molecule has 1 aromatic carbocycles. The number of aryl methyl sites for hydroxylation is 1. The lowest BCUT2D eigenvalue weighted by atomic mass is 10.1. The van der Waals surface area contributed by atoms with Crippen molar-refractivity contribution in [3.05, 3.63) is 36.0 Å². The minimum absolute atomic E-state index is 0.124. The predicted molar refractivity (Wildman–Crippen MR) is 85.6 cm³/mol. The Bertz CT molecular complexity index is 864. The summed E-state index contributed by atoms with van der Waals surface area (Å²) in [6.07, 6.45) is 3.35. The van der Waals surface area contributed by atoms with Crippen molar-refractivity contribution in [1.29, 1.82) is 0 Å². The third kappa shape index (κ3) is 2.70. The summed E-state index contributed by atoms with van der Waals surface area (Å²) in [5, 5.41) is 9.89. The molecule has 1 aliphatic heterocycles. The highest BCUT2D eigenvalue weighted by molar-refractivity contribution is 7.89. The summed E-state index contributed by atoms with van der Waals surface area (Å²) in [7, 11) is -3.89. The first-order chi connectivity index (χ1) is 10.9. The van der Waals surface area contributed by atoms with Gasteiger partial charge in [-0.05, 0) is 49.9 Å². The zero-order chi connectivity index (χ0) is 16.6. The molecule has 6 nitrogen and oxygen atoms in total. The van der Waals surface area contributed by atoms with Crippen molar-refractivity contribution in [1.82, 2.24) is 9.29 Å². The predicted octanol–water partition coefficient (Wildman–Crippen LogP) is 2.17. The number of pyridine rings is 1. The molecule has 1 unspecified atom stereocenters. The fourth-order valence-electron chi connectivity index (χ4n) is 3.08. The molecule has 0 amide bonds. The molecule has 23 heavy (non-hydrogen) atoms. The van der Waals surface area contributed by atoms with Crippen LogP contribution in [-0.2, 0) is 14.8 Å². The van der Waals surface area contributed by atoms with Crippen LogP contribution < -0.4 is 0 Å². The second kappa shape index (κ2) is 5.90. The van der Waals surface area contributed by atoms with E-state index in [1.807, 2.05) is 6.92 Å². The SMILES string of the molecule is Cc1ccc(S(=O)(=O)N2CCCCC2C(=O)O)c2cccnc12. The van der Waals surface area contributed by atoms with Gasteiger partial charge in [0.05, 0.1) is 10.4 Å². The van der Waals surface area contributed by atoms with Gasteiger partial charge < -0.3 is 5.11 Å². The molecule has 0 aliphatic carbocycles. The van der Waals surface area contributed by atoms with E-state index in [1.165, 1.54) is 0 Å². The van der Waals surface area contributed by atoms with Gasteiger partial charge in [-0.2, -0.15) is 4.31 Å². The summed E-state index contributed by atoms with van der Waals surface area (Å²) in [6, 6.07) is 5.65. The molecule has 7 heteroatoms. The Balaban J connectivity index is 2.17. The average molecular weight is 334 g/mol. The minimum atomic E-state index is -3.89. The molecule has 0 radical (unpaired) electrons. The van der Waals surface area contributed by atoms with Crippen LogP contribution in [0.5, 0.6) is 0 Å². The molecule has 1 fully saturated rings. The van der Waals surface area contributed by atoms with Crippen LogP contribution in [0.15, 0.2) is 35.4 Å². The number of nitrogens with zero attached hydrogens (tertiary/aromatic N) is 2. The number of aliphatic carboxylic acids is 1. The highest BCUT2D eigenvalue weighted by Gasteiger charge is 2.38. The number of carboxylic acids is 1. The molecule has 122 valence electrons. The van der Waals surface area contributed by atoms with E-state index in [9.17, 15) is 18.3 Å². The maximum absolute atomic E-state index is 13.1. The number of aromatic nitrogens is 1. The Labute approximate surface area is 134 Å². The molecule has 0 saturated carbocycles. The summed E-state index contributed by atoms with van der Waals surface area (Å²) in [4.78, 5) is 15.8. The van der Waals surface area contributed by atoms with Crippen molar-refractivity contribution in [3.8, 4) is 0 Å². The van der Waals surface area contributed by atoms with Crippen molar-refractivity contribution in [3.63, 3.8) is 0 Å². The quantitative estimate of drug-likeness (QED) is 0.929. The molecular weight excluding hydrogens is 316 g/mol. The van der Waals surface area contributed by atoms with Gasteiger partial charge in [0.15, 0.2) is 0 Å². The van der Waals surface area contributed by atoms with E-state index < -0.39 is 22.0 Å². The third-order valence-electron chi connectivity index (χ3n) is 4.26. The Morgan fingerprint density at radius 1 is 1.30 bits per heavy atom. The molecule has 2 aromatic rings. The van der Waals surface area contributed by atoms with Crippen LogP contribution in [0.3, 0.4) is 0 Å². The number of carboxylic acid groups (broad SMARTS) is 1. The van der Waals surface area contributed by atoms with Crippen LogP contribution in [0.4, 0.5) is 0 Å². The summed E-state index contributed by atoms with van der Waals surface area (Å²) in [6.45, 7) is 2.10. The van der Waals surface area contributed by atoms with Crippen molar-refractivity contribution < 1.29 is 18.3 Å². The highest BCUT2D eigenvalue weighted by atomic mass is 32.2. The van der Waals surface area contributed by atoms with Crippen molar-refractivity contribution in [2.75, 3.05) is 6.54 Å². The third-order valence-corrected chi connectivity index (χ3v) is 6.22. The van der Waals surface area contributed by atoms with Crippen LogP contribution in [0.2, 0.25) is 0 Å². The van der Waals surface area contributed by atoms with Gasteiger partial charge in [-0.1, -0.05) is 6.07 Å². The Kier molecular flexibility index (Phi) is 4.08. The first-order valence-electron chi connectivity index (χ1n) is 7.52. The fourth-order valence-corrected chi connectivity index (χ4v) is 4.91. The van der Waals surface area contributed by atoms with E-state index in [-0.39, 0.29) is 11.4 Å². The zero-order valence-electron chi connectivity index (χ0n) is 12.8. The van der Waals surface area contributed by atoms with Gasteiger partial charge >= 0.3 is 5.97 Å². The Hall–Kier alpha value is -1.99. The van der Waals surface area contributed by atoms with Gasteiger partial charge in [-0.15, -0.1) is 0 Å². The average Bonchev–Trinajstić information content (AvgIpc) is 2.55. The molecular formula is C16H18N2O4S. The molecule has 3 rings (SSSR count). The van der Waals surface area contributed by atoms with Crippen molar-refractivity contribution in [2.24, 2.45) is 0 Å². The normalized spacial score (nSPS) is 19.8. The second-order valence-electron chi connectivity index (χ2n) is 5.75. The molecule has 1 aliphatic rings. The zero-order valence-corrected chi connectivity index (χ0v) is 13.6. The van der Waals surface area contributed by atoms with Crippen LogP contribution >= 0.6 is 0 Å². The molecule has 1 saturated heterocycles. The smallest absolute Gasteiger partial charge is 0.322 e. The van der Waals surface area contributed by atoms with Crippen LogP contribution in [0.25, 0.3) is 10.9 Å². The largest absolute Gasteiger partial charge is 0.480 e. The van der Waals surface area contributed by atoms with Gasteiger partial charge in [-0.25, -0.2) is 8.42 Å². The lowest BCUT2D eigenvalue weighted by Crippen LogP contribution is -2.47. The lowest BCUT2D eigenvalue weighted by Gasteiger charge is -2.32. The minimum Gasteiger partial charge on any atom is -0.480 e. The van der Waals surface area contributed by atoms with E-state index in [4.69, 9.17) is 0 Å². The van der Waals surface area contributed by atoms with Gasteiger partial charge in [0, 0.05) is 18.1 Å². The maximum Gasteiger partial charge on any atom is 0.322 e. The van der Waals surface area contributed by atoms with E-state index in [2.05, 4.69) is 4.98 Å². The monoisotopic (exact) mass is 334 g/mol. The second-order valence-corrected chi connectivity index (χ2v) is 7.60. The molecule has 1 atom stereocenters. The van der Waals surface area contributed by atoms with Crippen molar-refractivity contribution in [2.45, 2.75) is 37.1 Å². The van der Waals surface area contributed by atoms with E-state index in [0.717, 1.165) is 16.3 Å². The van der Waals surface area contributed by atoms with E-state index in [0.29, 0.717) is 23.7 Å². The first-order valence-corrected chi connectivity index (χ1v) is 8.96. The number of fused-ring (bicyclic) bond motifs is 1. The van der Waals surface area contributed by atoms with Gasteiger partial charge in [-0.3, -0.25) is 9.78 Å². The standard InChI is InChI=1S/C16H18N2O4S/c1-11-7-8-14(12-5-4-9-17-15(11)12)23(21,22)18-10-3-2-6-13(18)16(19)20/h4-5,7-9,13H,2-3,6,10H2,1H3,(H,19,20). The number of carbonyl (C=O) groups is 1. The Morgan fingerprint density at radius 2 is 2.09 bits per heavy atom. The summed E-state index contributed by atoms with van der Waals surface area (Å²) in [5.74, 6) is -1.09. The maximum atomic E-state index is 13.1. The summed E-state index contributed by atoms with van der Waals surface area (Å²) < 4.78 is 27.2. The topological polar surface area (TPSA) is 87.6 Å². The molecule has 0 spiro atoms. The lowest BCUT2D eigenvalue weighted by molar-refractivity contribution is -0.142. The van der Waals surface area contributed by atoms with Crippen LogP contribution in [0.1, 0.15) is 24.8 Å². The van der Waals surface area contributed by atoms with Crippen molar-refractivity contribution >= 4 is 26.9 Å². The fraction of sp³-hybridized carbons (Fsp3) is 0.375. The van der Waals surface area contributed by atoms with Crippen LogP contribution in [-0.4, -0.2) is 41.4 Å². The number of hydrogen-bond donors (Lipinski definition) is 1. The summed E-state index contributed by atoms with van der Waals surface area (Å²) in [5.41, 5.74) is 1.51.